The number of hydrogen-bond acceptors (Lipinski definition) is 5. The molecule has 6 nitrogen and oxygen atoms in total. The number of aryl methyl sites for hydroxylation is 1. The van der Waals surface area contributed by atoms with Gasteiger partial charge in [0.05, 0.1) is 0 Å². The molecule has 2 heterocycles. The highest BCUT2D eigenvalue weighted by Gasteiger charge is 2.05. The molecule has 2 rings (SSSR count). The van der Waals surface area contributed by atoms with Gasteiger partial charge in [-0.3, -0.25) is 4.79 Å². The molecule has 2 aromatic rings. The number of carbonyl (C=O) groups excluding carboxylic acids is 1. The molecule has 0 atom stereocenters. The van der Waals surface area contributed by atoms with E-state index in [0.29, 0.717) is 11.6 Å². The SMILES string of the molecule is [2H]C([2H])([2H])NC(=O)c1ccc(Nc2cc(C)ccn2)nn1. The third-order valence-electron chi connectivity index (χ3n) is 2.18. The second-order valence-electron chi connectivity index (χ2n) is 3.60. The van der Waals surface area contributed by atoms with E-state index in [-0.39, 0.29) is 5.69 Å². The maximum Gasteiger partial charge on any atom is 0.271 e. The van der Waals surface area contributed by atoms with Gasteiger partial charge >= 0.3 is 0 Å². The van der Waals surface area contributed by atoms with Gasteiger partial charge in [0, 0.05) is 17.3 Å². The summed E-state index contributed by atoms with van der Waals surface area (Å²) < 4.78 is 20.9. The lowest BCUT2D eigenvalue weighted by atomic mass is 10.3. The number of nitrogens with one attached hydrogen (secondary N) is 2. The normalized spacial score (nSPS) is 13.1. The van der Waals surface area contributed by atoms with E-state index < -0.39 is 12.9 Å². The van der Waals surface area contributed by atoms with Crippen LogP contribution in [0.5, 0.6) is 0 Å². The molecule has 2 aromatic heterocycles. The molecule has 1 amide bonds. The fourth-order valence-electron chi connectivity index (χ4n) is 1.32. The van der Waals surface area contributed by atoms with Crippen LogP contribution in [0.15, 0.2) is 30.5 Å². The molecule has 0 aliphatic rings. The molecule has 0 aliphatic carbocycles. The van der Waals surface area contributed by atoms with Crippen LogP contribution in [0.4, 0.5) is 11.6 Å². The molecule has 0 aliphatic heterocycles. The zero-order valence-corrected chi connectivity index (χ0v) is 9.64. The maximum atomic E-state index is 11.6. The van der Waals surface area contributed by atoms with Crippen molar-refractivity contribution in [3.05, 3.63) is 41.7 Å². The second-order valence-corrected chi connectivity index (χ2v) is 3.60. The van der Waals surface area contributed by atoms with E-state index in [1.54, 1.807) is 6.20 Å². The van der Waals surface area contributed by atoms with Crippen LogP contribution < -0.4 is 10.6 Å². The van der Waals surface area contributed by atoms with Gasteiger partial charge in [0.25, 0.3) is 5.91 Å². The number of aromatic nitrogens is 3. The van der Waals surface area contributed by atoms with Gasteiger partial charge in [0.1, 0.15) is 5.82 Å². The smallest absolute Gasteiger partial charge is 0.271 e. The second kappa shape index (κ2) is 5.22. The summed E-state index contributed by atoms with van der Waals surface area (Å²) in [4.78, 5) is 15.7. The van der Waals surface area contributed by atoms with E-state index in [0.717, 1.165) is 5.56 Å². The van der Waals surface area contributed by atoms with Crippen molar-refractivity contribution in [2.24, 2.45) is 0 Å². The molecule has 0 radical (unpaired) electrons. The zero-order valence-electron chi connectivity index (χ0n) is 12.6. The quantitative estimate of drug-likeness (QED) is 0.852. The van der Waals surface area contributed by atoms with E-state index in [4.69, 9.17) is 4.11 Å². The van der Waals surface area contributed by atoms with Gasteiger partial charge in [-0.1, -0.05) is 0 Å². The summed E-state index contributed by atoms with van der Waals surface area (Å²) in [7, 11) is 0. The Balaban J connectivity index is 2.07. The Bertz CT molecular complexity index is 642. The van der Waals surface area contributed by atoms with E-state index in [1.807, 2.05) is 24.4 Å². The number of hydrogen-bond donors (Lipinski definition) is 2. The van der Waals surface area contributed by atoms with Crippen molar-refractivity contribution < 1.29 is 8.91 Å². The molecule has 2 N–H and O–H groups in total. The maximum absolute atomic E-state index is 11.6. The van der Waals surface area contributed by atoms with E-state index >= 15 is 0 Å². The van der Waals surface area contributed by atoms with Crippen LogP contribution in [-0.2, 0) is 0 Å². The summed E-state index contributed by atoms with van der Waals surface area (Å²) >= 11 is 0. The lowest BCUT2D eigenvalue weighted by Gasteiger charge is -2.05. The molecule has 18 heavy (non-hydrogen) atoms. The Morgan fingerprint density at radius 2 is 2.17 bits per heavy atom. The van der Waals surface area contributed by atoms with Crippen LogP contribution >= 0.6 is 0 Å². The summed E-state index contributed by atoms with van der Waals surface area (Å²) in [5, 5.41) is 12.3. The van der Waals surface area contributed by atoms with Gasteiger partial charge in [0.2, 0.25) is 0 Å². The fraction of sp³-hybridized carbons (Fsp3) is 0.167. The average molecular weight is 246 g/mol. The topological polar surface area (TPSA) is 79.8 Å². The lowest BCUT2D eigenvalue weighted by molar-refractivity contribution is 0.0957. The Morgan fingerprint density at radius 3 is 2.83 bits per heavy atom. The van der Waals surface area contributed by atoms with Crippen molar-refractivity contribution in [3.8, 4) is 0 Å². The Kier molecular flexibility index (Phi) is 2.49. The van der Waals surface area contributed by atoms with Gasteiger partial charge in [0.15, 0.2) is 11.5 Å². The molecule has 0 saturated carbocycles. The third kappa shape index (κ3) is 2.79. The minimum Gasteiger partial charge on any atom is -0.354 e. The first-order chi connectivity index (χ1) is 9.83. The molecule has 0 bridgehead atoms. The lowest BCUT2D eigenvalue weighted by Crippen LogP contribution is -2.19. The summed E-state index contributed by atoms with van der Waals surface area (Å²) in [6.45, 7) is -0.623. The van der Waals surface area contributed by atoms with Gasteiger partial charge in [-0.25, -0.2) is 4.98 Å². The van der Waals surface area contributed by atoms with Crippen LogP contribution in [0, 0.1) is 6.92 Å². The Hall–Kier alpha value is -2.50. The summed E-state index contributed by atoms with van der Waals surface area (Å²) in [5.41, 5.74) is 0.961. The standard InChI is InChI=1S/C12H13N5O/c1-8-5-6-14-11(7-8)15-10-4-3-9(16-17-10)12(18)13-2/h3-7H,1-2H3,(H,13,18)(H,14,15,17)/i2D3. The number of rotatable bonds is 3. The van der Waals surface area contributed by atoms with Gasteiger partial charge in [-0.2, -0.15) is 0 Å². The summed E-state index contributed by atoms with van der Waals surface area (Å²) in [6, 6.07) is 6.59. The van der Waals surface area contributed by atoms with Crippen molar-refractivity contribution in [1.82, 2.24) is 20.5 Å². The van der Waals surface area contributed by atoms with Gasteiger partial charge in [-0.15, -0.1) is 10.2 Å². The Morgan fingerprint density at radius 1 is 1.28 bits per heavy atom. The molecular weight excluding hydrogens is 230 g/mol. The molecule has 92 valence electrons. The van der Waals surface area contributed by atoms with Gasteiger partial charge < -0.3 is 10.6 Å². The van der Waals surface area contributed by atoms with E-state index in [9.17, 15) is 4.79 Å². The molecule has 0 spiro atoms. The fourth-order valence-corrected chi connectivity index (χ4v) is 1.32. The molecular formula is C12H13N5O. The van der Waals surface area contributed by atoms with Crippen molar-refractivity contribution in [1.29, 1.82) is 0 Å². The molecule has 0 unspecified atom stereocenters. The molecule has 0 fully saturated rings. The summed E-state index contributed by atoms with van der Waals surface area (Å²) in [5.74, 6) is 0.199. The number of amides is 1. The number of carbonyl (C=O) groups is 1. The van der Waals surface area contributed by atoms with Crippen LogP contribution in [0.3, 0.4) is 0 Å². The first-order valence-corrected chi connectivity index (χ1v) is 5.19. The van der Waals surface area contributed by atoms with Gasteiger partial charge in [-0.05, 0) is 36.8 Å². The summed E-state index contributed by atoms with van der Waals surface area (Å²) in [6.07, 6.45) is 1.66. The first-order valence-electron chi connectivity index (χ1n) is 6.69. The largest absolute Gasteiger partial charge is 0.354 e. The highest BCUT2D eigenvalue weighted by Crippen LogP contribution is 2.12. The molecule has 0 aromatic carbocycles. The van der Waals surface area contributed by atoms with E-state index in [1.165, 1.54) is 12.1 Å². The highest BCUT2D eigenvalue weighted by molar-refractivity contribution is 5.91. The van der Waals surface area contributed by atoms with Crippen molar-refractivity contribution in [2.45, 2.75) is 6.92 Å². The third-order valence-corrected chi connectivity index (χ3v) is 2.18. The highest BCUT2D eigenvalue weighted by atomic mass is 16.1. The predicted octanol–water partition coefficient (Wildman–Crippen LogP) is 1.28. The average Bonchev–Trinajstić information content (AvgIpc) is 2.37. The number of pyridine rings is 1. The Labute approximate surface area is 109 Å². The molecule has 0 saturated heterocycles. The van der Waals surface area contributed by atoms with Crippen LogP contribution in [0.2, 0.25) is 0 Å². The van der Waals surface area contributed by atoms with Crippen molar-refractivity contribution in [2.75, 3.05) is 12.3 Å². The predicted molar refractivity (Wildman–Crippen MR) is 67.7 cm³/mol. The minimum atomic E-state index is -2.55. The van der Waals surface area contributed by atoms with E-state index in [2.05, 4.69) is 20.5 Å². The van der Waals surface area contributed by atoms with Crippen molar-refractivity contribution >= 4 is 17.5 Å². The van der Waals surface area contributed by atoms with Crippen LogP contribution in [0.1, 0.15) is 20.2 Å². The monoisotopic (exact) mass is 246 g/mol. The van der Waals surface area contributed by atoms with Crippen molar-refractivity contribution in [3.63, 3.8) is 0 Å². The minimum absolute atomic E-state index is 0.0751. The number of nitrogens with zero attached hydrogens (tertiary/aromatic N) is 3. The number of anilines is 2. The zero-order chi connectivity index (χ0) is 15.5. The first kappa shape index (κ1) is 8.57. The molecule has 6 heteroatoms. The van der Waals surface area contributed by atoms with Crippen LogP contribution in [-0.4, -0.2) is 28.1 Å². The van der Waals surface area contributed by atoms with Crippen LogP contribution in [0.25, 0.3) is 0 Å².